The van der Waals surface area contributed by atoms with Crippen molar-refractivity contribution in [3.63, 3.8) is 0 Å². The number of benzene rings is 2. The van der Waals surface area contributed by atoms with Crippen molar-refractivity contribution in [1.29, 1.82) is 0 Å². The molecule has 0 amide bonds. The first-order chi connectivity index (χ1) is 11.5. The number of para-hydroxylation sites is 1. The van der Waals surface area contributed by atoms with Crippen molar-refractivity contribution >= 4 is 17.4 Å². The van der Waals surface area contributed by atoms with Gasteiger partial charge in [0.25, 0.3) is 0 Å². The number of rotatable bonds is 7. The van der Waals surface area contributed by atoms with E-state index in [0.29, 0.717) is 11.3 Å². The van der Waals surface area contributed by atoms with Crippen molar-refractivity contribution in [3.05, 3.63) is 77.9 Å². The second kappa shape index (κ2) is 7.59. The highest BCUT2D eigenvalue weighted by molar-refractivity contribution is 6.18. The molecule has 4 heteroatoms. The molecule has 1 unspecified atom stereocenters. The van der Waals surface area contributed by atoms with Gasteiger partial charge in [-0.15, -0.1) is 0 Å². The number of carboxylic acids is 1. The average molecular weight is 323 g/mol. The third kappa shape index (κ3) is 3.90. The van der Waals surface area contributed by atoms with E-state index in [1.807, 2.05) is 19.9 Å². The summed E-state index contributed by atoms with van der Waals surface area (Å²) in [6, 6.07) is 17.4. The molecule has 2 aromatic rings. The van der Waals surface area contributed by atoms with Gasteiger partial charge in [0.15, 0.2) is 5.78 Å². The number of Topliss-reactive ketones (excluding diaryl/α,β-unsaturated/α-hetero) is 1. The van der Waals surface area contributed by atoms with Gasteiger partial charge >= 0.3 is 5.97 Å². The zero-order chi connectivity index (χ0) is 17.6. The quantitative estimate of drug-likeness (QED) is 0.456. The van der Waals surface area contributed by atoms with E-state index in [1.54, 1.807) is 60.7 Å². The Hall–Kier alpha value is -2.88. The summed E-state index contributed by atoms with van der Waals surface area (Å²) in [5.41, 5.74) is 0.160. The lowest BCUT2D eigenvalue weighted by Gasteiger charge is -2.29. The van der Waals surface area contributed by atoms with Crippen LogP contribution in [-0.2, 0) is 4.79 Å². The molecule has 0 fully saturated rings. The van der Waals surface area contributed by atoms with E-state index in [4.69, 9.17) is 0 Å². The Morgan fingerprint density at radius 1 is 1.00 bits per heavy atom. The molecule has 2 rings (SSSR count). The summed E-state index contributed by atoms with van der Waals surface area (Å²) >= 11 is 0. The van der Waals surface area contributed by atoms with Gasteiger partial charge in [0, 0.05) is 17.7 Å². The molecule has 0 heterocycles. The second-order valence-corrected chi connectivity index (χ2v) is 5.88. The van der Waals surface area contributed by atoms with E-state index in [0.717, 1.165) is 5.57 Å². The number of aliphatic carboxylic acids is 1. The van der Waals surface area contributed by atoms with Crippen molar-refractivity contribution in [2.75, 3.05) is 5.32 Å². The molecule has 0 aliphatic rings. The highest BCUT2D eigenvalue weighted by Crippen LogP contribution is 2.25. The van der Waals surface area contributed by atoms with Crippen LogP contribution in [0.2, 0.25) is 0 Å². The first-order valence-corrected chi connectivity index (χ1v) is 7.75. The maximum atomic E-state index is 13.1. The minimum atomic E-state index is -1.75. The number of anilines is 1. The molecule has 0 saturated heterocycles. The highest BCUT2D eigenvalue weighted by Gasteiger charge is 2.45. The topological polar surface area (TPSA) is 66.4 Å². The molecule has 0 aromatic heterocycles. The van der Waals surface area contributed by atoms with Crippen LogP contribution in [0.4, 0.5) is 5.69 Å². The molecule has 124 valence electrons. The lowest BCUT2D eigenvalue weighted by atomic mass is 9.85. The number of ketones is 1. The Kier molecular flexibility index (Phi) is 5.53. The van der Waals surface area contributed by atoms with Gasteiger partial charge in [-0.25, -0.2) is 4.79 Å². The van der Waals surface area contributed by atoms with Crippen LogP contribution in [0, 0.1) is 0 Å². The molecule has 0 aliphatic heterocycles. The van der Waals surface area contributed by atoms with Gasteiger partial charge in [-0.1, -0.05) is 60.2 Å². The maximum Gasteiger partial charge on any atom is 0.337 e. The number of hydrogen-bond acceptors (Lipinski definition) is 3. The molecular weight excluding hydrogens is 302 g/mol. The molecule has 0 radical (unpaired) electrons. The minimum absolute atomic E-state index is 0.0628. The lowest BCUT2D eigenvalue weighted by Crippen LogP contribution is -2.53. The molecule has 2 aromatic carbocycles. The van der Waals surface area contributed by atoms with E-state index < -0.39 is 17.3 Å². The number of carbonyl (C=O) groups excluding carboxylic acids is 1. The fourth-order valence-corrected chi connectivity index (χ4v) is 2.40. The Morgan fingerprint density at radius 3 is 2.04 bits per heavy atom. The van der Waals surface area contributed by atoms with Crippen LogP contribution in [0.1, 0.15) is 30.6 Å². The van der Waals surface area contributed by atoms with Crippen molar-refractivity contribution in [1.82, 2.24) is 0 Å². The van der Waals surface area contributed by atoms with Crippen LogP contribution in [0.25, 0.3) is 0 Å². The summed E-state index contributed by atoms with van der Waals surface area (Å²) in [7, 11) is 0. The largest absolute Gasteiger partial charge is 0.479 e. The molecular formula is C20H21NO3. The van der Waals surface area contributed by atoms with E-state index in [9.17, 15) is 14.7 Å². The van der Waals surface area contributed by atoms with Gasteiger partial charge in [0.1, 0.15) is 0 Å². The van der Waals surface area contributed by atoms with E-state index in [2.05, 4.69) is 5.32 Å². The summed E-state index contributed by atoms with van der Waals surface area (Å²) in [4.78, 5) is 25.2. The van der Waals surface area contributed by atoms with Crippen molar-refractivity contribution < 1.29 is 14.7 Å². The average Bonchev–Trinajstić information content (AvgIpc) is 2.59. The minimum Gasteiger partial charge on any atom is -0.479 e. The SMILES string of the molecule is CC(C)=CCC(Nc1ccccc1)(C(=O)O)C(=O)c1ccccc1. The third-order valence-electron chi connectivity index (χ3n) is 3.74. The van der Waals surface area contributed by atoms with Crippen LogP contribution in [0.15, 0.2) is 72.3 Å². The predicted molar refractivity (Wildman–Crippen MR) is 95.3 cm³/mol. The van der Waals surface area contributed by atoms with Crippen LogP contribution in [-0.4, -0.2) is 22.4 Å². The Morgan fingerprint density at radius 2 is 1.54 bits per heavy atom. The summed E-state index contributed by atoms with van der Waals surface area (Å²) in [6.45, 7) is 3.75. The lowest BCUT2D eigenvalue weighted by molar-refractivity contribution is -0.140. The normalized spacial score (nSPS) is 12.8. The fraction of sp³-hybridized carbons (Fsp3) is 0.200. The summed E-state index contributed by atoms with van der Waals surface area (Å²) in [5.74, 6) is -1.66. The number of carboxylic acid groups (broad SMARTS) is 1. The molecule has 0 aliphatic carbocycles. The third-order valence-corrected chi connectivity index (χ3v) is 3.74. The zero-order valence-electron chi connectivity index (χ0n) is 13.8. The fourth-order valence-electron chi connectivity index (χ4n) is 2.40. The van der Waals surface area contributed by atoms with Gasteiger partial charge in [-0.3, -0.25) is 4.79 Å². The summed E-state index contributed by atoms with van der Waals surface area (Å²) < 4.78 is 0. The van der Waals surface area contributed by atoms with Gasteiger partial charge in [0.05, 0.1) is 0 Å². The first kappa shape index (κ1) is 17.5. The molecule has 0 bridgehead atoms. The van der Waals surface area contributed by atoms with E-state index in [-0.39, 0.29) is 6.42 Å². The van der Waals surface area contributed by atoms with Gasteiger partial charge < -0.3 is 10.4 Å². The number of hydrogen-bond donors (Lipinski definition) is 2. The molecule has 4 nitrogen and oxygen atoms in total. The van der Waals surface area contributed by atoms with Crippen molar-refractivity contribution in [2.24, 2.45) is 0 Å². The Labute approximate surface area is 141 Å². The monoisotopic (exact) mass is 323 g/mol. The zero-order valence-corrected chi connectivity index (χ0v) is 13.8. The van der Waals surface area contributed by atoms with Crippen molar-refractivity contribution in [3.8, 4) is 0 Å². The van der Waals surface area contributed by atoms with E-state index >= 15 is 0 Å². The van der Waals surface area contributed by atoms with Crippen LogP contribution >= 0.6 is 0 Å². The van der Waals surface area contributed by atoms with Crippen LogP contribution < -0.4 is 5.32 Å². The number of carbonyl (C=O) groups is 2. The second-order valence-electron chi connectivity index (χ2n) is 5.88. The Bertz CT molecular complexity index is 734. The van der Waals surface area contributed by atoms with E-state index in [1.165, 1.54) is 0 Å². The molecule has 1 atom stereocenters. The summed E-state index contributed by atoms with van der Waals surface area (Å²) in [5, 5.41) is 12.9. The van der Waals surface area contributed by atoms with Crippen molar-refractivity contribution in [2.45, 2.75) is 25.8 Å². The highest BCUT2D eigenvalue weighted by atomic mass is 16.4. The van der Waals surface area contributed by atoms with Gasteiger partial charge in [-0.05, 0) is 26.0 Å². The molecule has 0 saturated carbocycles. The molecule has 2 N–H and O–H groups in total. The Balaban J connectivity index is 2.51. The maximum absolute atomic E-state index is 13.1. The van der Waals surface area contributed by atoms with Crippen LogP contribution in [0.5, 0.6) is 0 Å². The molecule has 24 heavy (non-hydrogen) atoms. The molecule has 0 spiro atoms. The van der Waals surface area contributed by atoms with Gasteiger partial charge in [-0.2, -0.15) is 0 Å². The standard InChI is InChI=1S/C20H21NO3/c1-15(2)13-14-20(19(23)24,21-17-11-7-4-8-12-17)18(22)16-9-5-3-6-10-16/h3-13,21H,14H2,1-2H3,(H,23,24). The van der Waals surface area contributed by atoms with Gasteiger partial charge in [0.2, 0.25) is 5.54 Å². The smallest absolute Gasteiger partial charge is 0.337 e. The van der Waals surface area contributed by atoms with Crippen LogP contribution in [0.3, 0.4) is 0 Å². The first-order valence-electron chi connectivity index (χ1n) is 7.75. The predicted octanol–water partition coefficient (Wildman–Crippen LogP) is 4.16. The number of allylic oxidation sites excluding steroid dienone is 1. The summed E-state index contributed by atoms with van der Waals surface area (Å²) in [6.07, 6.45) is 1.83. The number of nitrogens with one attached hydrogen (secondary N) is 1.